The molecule has 0 spiro atoms. The highest BCUT2D eigenvalue weighted by molar-refractivity contribution is 6.62. The molecule has 1 aromatic carbocycles. The van der Waals surface area contributed by atoms with Crippen LogP contribution in [0.1, 0.15) is 52.5 Å². The molecule has 1 heterocycles. The molecule has 2 fully saturated rings. The van der Waals surface area contributed by atoms with Crippen LogP contribution in [0, 0.1) is 0 Å². The number of carbonyl (C=O) groups is 1. The van der Waals surface area contributed by atoms with Crippen LogP contribution in [0.2, 0.25) is 0 Å². The lowest BCUT2D eigenvalue weighted by Gasteiger charge is -2.32. The average Bonchev–Trinajstić information content (AvgIpc) is 2.72. The van der Waals surface area contributed by atoms with E-state index in [0.29, 0.717) is 18.2 Å². The van der Waals surface area contributed by atoms with Crippen molar-refractivity contribution in [3.63, 3.8) is 0 Å². The topological polar surface area (TPSA) is 56.8 Å². The summed E-state index contributed by atoms with van der Waals surface area (Å²) in [5, 5.41) is 3.06. The summed E-state index contributed by atoms with van der Waals surface area (Å²) in [6.07, 6.45) is 3.70. The number of nitrogens with one attached hydrogen (secondary N) is 1. The molecule has 1 saturated carbocycles. The maximum atomic E-state index is 12.2. The van der Waals surface area contributed by atoms with Crippen molar-refractivity contribution >= 4 is 18.5 Å². The van der Waals surface area contributed by atoms with Gasteiger partial charge in [-0.1, -0.05) is 12.1 Å². The zero-order valence-electron chi connectivity index (χ0n) is 15.8. The molecule has 1 amide bonds. The van der Waals surface area contributed by atoms with Crippen LogP contribution in [0.5, 0.6) is 5.75 Å². The minimum absolute atomic E-state index is 0.0476. The number of benzene rings is 1. The predicted octanol–water partition coefficient (Wildman–Crippen LogP) is 2.21. The summed E-state index contributed by atoms with van der Waals surface area (Å²) in [6.45, 7) is 8.12. The Morgan fingerprint density at radius 2 is 1.88 bits per heavy atom. The molecule has 6 heteroatoms. The first-order valence-corrected chi connectivity index (χ1v) is 9.04. The molecule has 1 aromatic rings. The lowest BCUT2D eigenvalue weighted by atomic mass is 9.78. The van der Waals surface area contributed by atoms with Crippen molar-refractivity contribution in [1.29, 1.82) is 0 Å². The van der Waals surface area contributed by atoms with Gasteiger partial charge in [-0.15, -0.1) is 0 Å². The number of rotatable bonds is 5. The molecular formula is C19H28BNO4. The number of hydrogen-bond acceptors (Lipinski definition) is 4. The quantitative estimate of drug-likeness (QED) is 0.832. The van der Waals surface area contributed by atoms with Crippen LogP contribution in [0.15, 0.2) is 18.2 Å². The van der Waals surface area contributed by atoms with Crippen LogP contribution in [0.25, 0.3) is 0 Å². The molecule has 1 aliphatic carbocycles. The van der Waals surface area contributed by atoms with Gasteiger partial charge in [-0.05, 0) is 58.5 Å². The second-order valence-electron chi connectivity index (χ2n) is 8.03. The number of carbonyl (C=O) groups excluding carboxylic acids is 1. The van der Waals surface area contributed by atoms with Gasteiger partial charge in [0.2, 0.25) is 5.91 Å². The highest BCUT2D eigenvalue weighted by atomic mass is 16.7. The second-order valence-corrected chi connectivity index (χ2v) is 8.03. The second kappa shape index (κ2) is 6.65. The van der Waals surface area contributed by atoms with E-state index in [1.54, 1.807) is 7.11 Å². The van der Waals surface area contributed by atoms with Gasteiger partial charge in [-0.2, -0.15) is 0 Å². The van der Waals surface area contributed by atoms with Crippen LogP contribution in [0.4, 0.5) is 0 Å². The van der Waals surface area contributed by atoms with Crippen molar-refractivity contribution in [3.8, 4) is 5.75 Å². The average molecular weight is 345 g/mol. The predicted molar refractivity (Wildman–Crippen MR) is 98.2 cm³/mol. The largest absolute Gasteiger partial charge is 0.496 e. The fourth-order valence-electron chi connectivity index (χ4n) is 3.04. The van der Waals surface area contributed by atoms with Gasteiger partial charge in [0, 0.05) is 11.6 Å². The van der Waals surface area contributed by atoms with E-state index in [-0.39, 0.29) is 17.1 Å². The van der Waals surface area contributed by atoms with Gasteiger partial charge in [0.25, 0.3) is 0 Å². The third-order valence-corrected chi connectivity index (χ3v) is 5.66. The Kier molecular flexibility index (Phi) is 4.86. The summed E-state index contributed by atoms with van der Waals surface area (Å²) < 4.78 is 17.7. The first kappa shape index (κ1) is 18.3. The number of amides is 1. The summed E-state index contributed by atoms with van der Waals surface area (Å²) in [6, 6.07) is 6.15. The highest BCUT2D eigenvalue weighted by Gasteiger charge is 2.51. The Bertz CT molecular complexity index is 639. The van der Waals surface area contributed by atoms with E-state index in [2.05, 4.69) is 5.32 Å². The van der Waals surface area contributed by atoms with E-state index in [9.17, 15) is 4.79 Å². The van der Waals surface area contributed by atoms with E-state index in [1.165, 1.54) is 6.42 Å². The van der Waals surface area contributed by atoms with Crippen LogP contribution in [-0.4, -0.2) is 37.4 Å². The molecule has 0 aromatic heterocycles. The zero-order chi connectivity index (χ0) is 18.2. The molecule has 2 aliphatic rings. The standard InChI is InChI=1S/C19H28BNO4/c1-18(2)19(3,4)25-20(24-18)14-10-9-13(16(12-14)23-5)11-17(22)21-15-7-6-8-15/h9-10,12,15H,6-8,11H2,1-5H3,(H,21,22). The molecular weight excluding hydrogens is 317 g/mol. The first-order valence-electron chi connectivity index (χ1n) is 9.04. The van der Waals surface area contributed by atoms with Crippen LogP contribution >= 0.6 is 0 Å². The normalized spacial score (nSPS) is 21.7. The Morgan fingerprint density at radius 3 is 2.40 bits per heavy atom. The molecule has 1 saturated heterocycles. The van der Waals surface area contributed by atoms with E-state index >= 15 is 0 Å². The molecule has 0 bridgehead atoms. The minimum Gasteiger partial charge on any atom is -0.496 e. The summed E-state index contributed by atoms with van der Waals surface area (Å²) >= 11 is 0. The molecule has 0 atom stereocenters. The van der Waals surface area contributed by atoms with Gasteiger partial charge in [-0.25, -0.2) is 0 Å². The van der Waals surface area contributed by atoms with Crippen molar-refractivity contribution in [1.82, 2.24) is 5.32 Å². The van der Waals surface area contributed by atoms with Gasteiger partial charge in [-0.3, -0.25) is 4.79 Å². The SMILES string of the molecule is COc1cc(B2OC(C)(C)C(C)(C)O2)ccc1CC(=O)NC1CCC1. The first-order chi connectivity index (χ1) is 11.7. The third-order valence-electron chi connectivity index (χ3n) is 5.66. The smallest absolute Gasteiger partial charge is 0.494 e. The van der Waals surface area contributed by atoms with Crippen molar-refractivity contribution in [2.45, 2.75) is 70.6 Å². The lowest BCUT2D eigenvalue weighted by Crippen LogP contribution is -2.41. The summed E-state index contributed by atoms with van der Waals surface area (Å²) in [5.41, 5.74) is 1.01. The Morgan fingerprint density at radius 1 is 1.24 bits per heavy atom. The molecule has 0 radical (unpaired) electrons. The van der Waals surface area contributed by atoms with Crippen LogP contribution < -0.4 is 15.5 Å². The summed E-state index contributed by atoms with van der Waals surface area (Å²) in [5.74, 6) is 0.738. The number of methoxy groups -OCH3 is 1. The van der Waals surface area contributed by atoms with Gasteiger partial charge < -0.3 is 19.4 Å². The Balaban J connectivity index is 1.72. The maximum Gasteiger partial charge on any atom is 0.494 e. The number of ether oxygens (including phenoxy) is 1. The van der Waals surface area contributed by atoms with Gasteiger partial charge >= 0.3 is 7.12 Å². The van der Waals surface area contributed by atoms with Gasteiger partial charge in [0.1, 0.15) is 5.75 Å². The third kappa shape index (κ3) is 3.70. The van der Waals surface area contributed by atoms with E-state index in [1.807, 2.05) is 45.9 Å². The summed E-state index contributed by atoms with van der Waals surface area (Å²) in [7, 11) is 1.19. The molecule has 3 rings (SSSR count). The van der Waals surface area contributed by atoms with Gasteiger partial charge in [0.05, 0.1) is 24.7 Å². The van der Waals surface area contributed by atoms with Crippen LogP contribution in [0.3, 0.4) is 0 Å². The van der Waals surface area contributed by atoms with Crippen molar-refractivity contribution in [2.75, 3.05) is 7.11 Å². The zero-order valence-corrected chi connectivity index (χ0v) is 15.8. The van der Waals surface area contributed by atoms with Crippen molar-refractivity contribution in [3.05, 3.63) is 23.8 Å². The molecule has 5 nitrogen and oxygen atoms in total. The molecule has 136 valence electrons. The highest BCUT2D eigenvalue weighted by Crippen LogP contribution is 2.36. The fraction of sp³-hybridized carbons (Fsp3) is 0.632. The van der Waals surface area contributed by atoms with Crippen molar-refractivity contribution < 1.29 is 18.8 Å². The molecule has 1 aliphatic heterocycles. The van der Waals surface area contributed by atoms with Crippen LogP contribution in [-0.2, 0) is 20.5 Å². The molecule has 1 N–H and O–H groups in total. The fourth-order valence-corrected chi connectivity index (χ4v) is 3.04. The monoisotopic (exact) mass is 345 g/mol. The van der Waals surface area contributed by atoms with Crippen molar-refractivity contribution in [2.24, 2.45) is 0 Å². The van der Waals surface area contributed by atoms with E-state index in [4.69, 9.17) is 14.0 Å². The van der Waals surface area contributed by atoms with Gasteiger partial charge in [0.15, 0.2) is 0 Å². The number of hydrogen-bond donors (Lipinski definition) is 1. The maximum absolute atomic E-state index is 12.2. The minimum atomic E-state index is -0.434. The molecule has 0 unspecified atom stereocenters. The lowest BCUT2D eigenvalue weighted by molar-refractivity contribution is -0.121. The molecule has 25 heavy (non-hydrogen) atoms. The van der Waals surface area contributed by atoms with E-state index in [0.717, 1.165) is 23.9 Å². The Labute approximate surface area is 150 Å². The Hall–Kier alpha value is -1.53. The van der Waals surface area contributed by atoms with E-state index < -0.39 is 7.12 Å². The summed E-state index contributed by atoms with van der Waals surface area (Å²) in [4.78, 5) is 12.2.